The van der Waals surface area contributed by atoms with Crippen molar-refractivity contribution in [3.63, 3.8) is 0 Å². The Balaban J connectivity index is 0.000000146. The topological polar surface area (TPSA) is 103 Å². The molecule has 0 aliphatic rings. The van der Waals surface area contributed by atoms with Gasteiger partial charge in [-0.05, 0) is 92.7 Å². The summed E-state index contributed by atoms with van der Waals surface area (Å²) in [5.74, 6) is 1.39. The molecule has 0 aliphatic carbocycles. The fourth-order valence-corrected chi connectivity index (χ4v) is 15.4. The van der Waals surface area contributed by atoms with Gasteiger partial charge in [-0.1, -0.05) is 352 Å². The molecule has 21 aromatic rings. The smallest absolute Gasteiger partial charge is 0.160 e. The Morgan fingerprint density at radius 2 is 0.402 bits per heavy atom. The maximum absolute atomic E-state index is 5.31. The van der Waals surface area contributed by atoms with Gasteiger partial charge in [-0.25, -0.2) is 39.9 Å². The minimum Gasteiger partial charge on any atom is -0.245 e. The van der Waals surface area contributed by atoms with Crippen LogP contribution in [0.1, 0.15) is 0 Å². The quantitative estimate of drug-likeness (QED) is 0.0880. The van der Waals surface area contributed by atoms with E-state index in [-0.39, 0.29) is 0 Å². The molecule has 0 bridgehead atoms. The first-order chi connectivity index (χ1) is 55.5. The van der Waals surface area contributed by atoms with Crippen LogP contribution in [0.3, 0.4) is 0 Å². The highest BCUT2D eigenvalue weighted by Gasteiger charge is 2.20. The third-order valence-corrected chi connectivity index (χ3v) is 21.1. The summed E-state index contributed by atoms with van der Waals surface area (Å²) in [6.45, 7) is 0. The second-order valence-corrected chi connectivity index (χ2v) is 28.1. The van der Waals surface area contributed by atoms with E-state index < -0.39 is 0 Å². The number of para-hydroxylation sites is 2. The van der Waals surface area contributed by atoms with Crippen LogP contribution in [0.15, 0.2) is 400 Å². The van der Waals surface area contributed by atoms with Crippen LogP contribution in [-0.2, 0) is 0 Å². The Kier molecular flexibility index (Phi) is 17.1. The molecule has 522 valence electrons. The van der Waals surface area contributed by atoms with Crippen molar-refractivity contribution in [1.82, 2.24) is 39.9 Å². The van der Waals surface area contributed by atoms with Gasteiger partial charge in [0.1, 0.15) is 0 Å². The fourth-order valence-electron chi connectivity index (χ4n) is 15.4. The standard InChI is InChI=1S/C54H34N4.C50H32N4/c1-4-12-35(13-5-1)36-20-22-37(23-21-36)49-34-50(58-54(57-49)40-16-8-3-9-17-40)44-27-25-41-32-43(26-24-42(41)33-44)47-31-29-39-28-30-46-51(38-14-6-2-7-15-38)45-18-10-11-19-48(45)56-53(46)52(39)55-47;1-4-12-33(13-5-1)34-20-22-36(23-21-34)45-32-46(54-50(53-45)40-16-8-3-9-17-40)37-26-24-35(25-27-37)43-31-29-39-28-30-42-47(38-14-6-2-7-15-38)41-18-10-11-19-44(41)52-49(42)48(39)51-43/h1-34H;1-32H. The van der Waals surface area contributed by atoms with Gasteiger partial charge in [0.2, 0.25) is 0 Å². The molecule has 0 saturated heterocycles. The number of nitrogens with zero attached hydrogens (tertiary/aromatic N) is 8. The average molecular weight is 1430 g/mol. The Morgan fingerprint density at radius 3 is 0.786 bits per heavy atom. The van der Waals surface area contributed by atoms with Crippen molar-refractivity contribution in [2.45, 2.75) is 0 Å². The lowest BCUT2D eigenvalue weighted by molar-refractivity contribution is 1.18. The monoisotopic (exact) mass is 1430 g/mol. The van der Waals surface area contributed by atoms with E-state index in [1.54, 1.807) is 0 Å². The molecule has 0 atom stereocenters. The lowest BCUT2D eigenvalue weighted by Gasteiger charge is -2.13. The lowest BCUT2D eigenvalue weighted by atomic mass is 9.95. The summed E-state index contributed by atoms with van der Waals surface area (Å²) in [5.41, 5.74) is 28.4. The summed E-state index contributed by atoms with van der Waals surface area (Å²) >= 11 is 0. The van der Waals surface area contributed by atoms with E-state index in [4.69, 9.17) is 39.9 Å². The third-order valence-electron chi connectivity index (χ3n) is 21.1. The lowest BCUT2D eigenvalue weighted by Crippen LogP contribution is -1.96. The van der Waals surface area contributed by atoms with Crippen molar-refractivity contribution in [2.24, 2.45) is 0 Å². The van der Waals surface area contributed by atoms with Gasteiger partial charge in [-0.2, -0.15) is 0 Å². The highest BCUT2D eigenvalue weighted by molar-refractivity contribution is 6.18. The predicted molar refractivity (Wildman–Crippen MR) is 463 cm³/mol. The van der Waals surface area contributed by atoms with E-state index in [9.17, 15) is 0 Å². The Bertz CT molecular complexity index is 7110. The number of fused-ring (bicyclic) bond motifs is 9. The molecule has 0 fully saturated rings. The largest absolute Gasteiger partial charge is 0.245 e. The second-order valence-electron chi connectivity index (χ2n) is 28.1. The van der Waals surface area contributed by atoms with Crippen LogP contribution in [0.25, 0.3) is 211 Å². The van der Waals surface area contributed by atoms with Gasteiger partial charge < -0.3 is 0 Å². The molecule has 112 heavy (non-hydrogen) atoms. The van der Waals surface area contributed by atoms with Crippen molar-refractivity contribution in [2.75, 3.05) is 0 Å². The number of benzene rings is 15. The molecule has 0 N–H and O–H groups in total. The Labute approximate surface area is 647 Å². The molecule has 6 aromatic heterocycles. The number of pyridine rings is 4. The molecule has 0 aliphatic heterocycles. The predicted octanol–water partition coefficient (Wildman–Crippen LogP) is 26.6. The molecule has 6 heterocycles. The molecule has 8 heteroatoms. The average Bonchev–Trinajstić information content (AvgIpc) is 0.746. The SMILES string of the molecule is c1ccc(-c2ccc(-c3cc(-c4ccc(-c5ccc6ccc7c(-c8ccccc8)c8ccccc8nc7c6n5)cc4)nc(-c4ccccc4)n3)cc2)cc1.c1ccc(-c2ccc(-c3cc(-c4ccc5cc(-c6ccc7ccc8c(-c9ccccc9)c9ccccc9nc8c7n6)ccc5c4)nc(-c4ccccc4)n3)cc2)cc1. The summed E-state index contributed by atoms with van der Waals surface area (Å²) in [6, 6.07) is 139. The summed E-state index contributed by atoms with van der Waals surface area (Å²) in [5, 5.41) is 8.84. The first-order valence-corrected chi connectivity index (χ1v) is 37.7. The van der Waals surface area contributed by atoms with Gasteiger partial charge in [0.25, 0.3) is 0 Å². The molecule has 15 aromatic carbocycles. The minimum absolute atomic E-state index is 0.692. The maximum atomic E-state index is 5.31. The molecule has 0 spiro atoms. The molecule has 8 nitrogen and oxygen atoms in total. The van der Waals surface area contributed by atoms with Crippen LogP contribution in [0.4, 0.5) is 0 Å². The summed E-state index contributed by atoms with van der Waals surface area (Å²) in [6.07, 6.45) is 0. The van der Waals surface area contributed by atoms with E-state index in [2.05, 4.69) is 346 Å². The highest BCUT2D eigenvalue weighted by atomic mass is 14.9. The molecular weight excluding hydrogens is 1360 g/mol. The zero-order valence-corrected chi connectivity index (χ0v) is 60.7. The molecular formula is C104H66N8. The molecule has 0 amide bonds. The van der Waals surface area contributed by atoms with E-state index in [0.717, 1.165) is 155 Å². The summed E-state index contributed by atoms with van der Waals surface area (Å²) < 4.78 is 0. The van der Waals surface area contributed by atoms with Crippen molar-refractivity contribution in [3.8, 4) is 135 Å². The van der Waals surface area contributed by atoms with Crippen LogP contribution in [-0.4, -0.2) is 39.9 Å². The van der Waals surface area contributed by atoms with E-state index in [0.29, 0.717) is 11.6 Å². The number of rotatable bonds is 12. The molecule has 21 rings (SSSR count). The number of hydrogen-bond acceptors (Lipinski definition) is 8. The van der Waals surface area contributed by atoms with Crippen molar-refractivity contribution >= 4 is 76.2 Å². The fraction of sp³-hybridized carbons (Fsp3) is 0. The number of hydrogen-bond donors (Lipinski definition) is 0. The van der Waals surface area contributed by atoms with E-state index >= 15 is 0 Å². The van der Waals surface area contributed by atoms with Crippen LogP contribution in [0, 0.1) is 0 Å². The van der Waals surface area contributed by atoms with E-state index in [1.165, 1.54) is 44.5 Å². The maximum Gasteiger partial charge on any atom is 0.160 e. The number of aromatic nitrogens is 8. The zero-order chi connectivity index (χ0) is 74.3. The van der Waals surface area contributed by atoms with Gasteiger partial charge in [0, 0.05) is 88.0 Å². The van der Waals surface area contributed by atoms with Gasteiger partial charge in [0.05, 0.1) is 67.3 Å². The Hall–Kier alpha value is -15.1. The van der Waals surface area contributed by atoms with Crippen molar-refractivity contribution < 1.29 is 0 Å². The summed E-state index contributed by atoms with van der Waals surface area (Å²) in [7, 11) is 0. The van der Waals surface area contributed by atoms with Crippen LogP contribution >= 0.6 is 0 Å². The van der Waals surface area contributed by atoms with Gasteiger partial charge >= 0.3 is 0 Å². The summed E-state index contributed by atoms with van der Waals surface area (Å²) in [4.78, 5) is 41.2. The molecule has 0 saturated carbocycles. The van der Waals surface area contributed by atoms with E-state index in [1.807, 2.05) is 54.6 Å². The van der Waals surface area contributed by atoms with Crippen molar-refractivity contribution in [3.05, 3.63) is 400 Å². The first-order valence-electron chi connectivity index (χ1n) is 37.7. The second kappa shape index (κ2) is 28.9. The normalized spacial score (nSPS) is 11.4. The van der Waals surface area contributed by atoms with Crippen LogP contribution in [0.2, 0.25) is 0 Å². The first kappa shape index (κ1) is 66.3. The van der Waals surface area contributed by atoms with Gasteiger partial charge in [-0.15, -0.1) is 0 Å². The zero-order valence-electron chi connectivity index (χ0n) is 60.7. The third kappa shape index (κ3) is 12.9. The minimum atomic E-state index is 0.692. The molecule has 0 radical (unpaired) electrons. The van der Waals surface area contributed by atoms with Gasteiger partial charge in [-0.3, -0.25) is 0 Å². The van der Waals surface area contributed by atoms with Crippen LogP contribution in [0.5, 0.6) is 0 Å². The molecule has 0 unspecified atom stereocenters. The Morgan fingerprint density at radius 1 is 0.134 bits per heavy atom. The highest BCUT2D eigenvalue weighted by Crippen LogP contribution is 2.42. The van der Waals surface area contributed by atoms with Gasteiger partial charge in [0.15, 0.2) is 11.6 Å². The van der Waals surface area contributed by atoms with Crippen LogP contribution < -0.4 is 0 Å². The van der Waals surface area contributed by atoms with Crippen molar-refractivity contribution in [1.29, 1.82) is 0 Å².